The second-order valence-corrected chi connectivity index (χ2v) is 8.93. The van der Waals surface area contributed by atoms with Crippen molar-refractivity contribution in [3.05, 3.63) is 28.8 Å². The number of hydrogen-bond acceptors (Lipinski definition) is 3. The maximum Gasteiger partial charge on any atom is 0.123 e. The summed E-state index contributed by atoms with van der Waals surface area (Å²) in [6.07, 6.45) is 0. The van der Waals surface area contributed by atoms with E-state index in [1.165, 1.54) is 5.56 Å². The third kappa shape index (κ3) is 4.72. The lowest BCUT2D eigenvalue weighted by atomic mass is 9.79. The molecule has 3 heteroatoms. The summed E-state index contributed by atoms with van der Waals surface area (Å²) in [5.41, 5.74) is 2.61. The molecule has 0 aromatic heterocycles. The Bertz CT molecular complexity index is 519. The van der Waals surface area contributed by atoms with E-state index in [-0.39, 0.29) is 23.0 Å². The molecule has 3 N–H and O–H groups in total. The molecule has 0 aliphatic heterocycles. The molecule has 0 unspecified atom stereocenters. The molecule has 0 saturated carbocycles. The van der Waals surface area contributed by atoms with Crippen LogP contribution in [0.25, 0.3) is 0 Å². The maximum absolute atomic E-state index is 10.7. The smallest absolute Gasteiger partial charge is 0.123 e. The normalized spacial score (nSPS) is 13.5. The van der Waals surface area contributed by atoms with Crippen LogP contribution in [-0.4, -0.2) is 22.4 Å². The van der Waals surface area contributed by atoms with E-state index in [1.54, 1.807) is 0 Å². The lowest BCUT2D eigenvalue weighted by Gasteiger charge is -2.29. The van der Waals surface area contributed by atoms with E-state index in [4.69, 9.17) is 0 Å². The molecule has 0 radical (unpaired) electrons. The van der Waals surface area contributed by atoms with Crippen molar-refractivity contribution in [3.8, 4) is 5.75 Å². The molecular weight excluding hydrogens is 274 g/mol. The molecule has 1 rings (SSSR count). The van der Waals surface area contributed by atoms with E-state index in [0.717, 1.165) is 11.1 Å². The highest BCUT2D eigenvalue weighted by Crippen LogP contribution is 2.37. The lowest BCUT2D eigenvalue weighted by molar-refractivity contribution is 0.187. The first-order chi connectivity index (χ1) is 9.78. The van der Waals surface area contributed by atoms with Gasteiger partial charge in [-0.25, -0.2) is 0 Å². The highest BCUT2D eigenvalue weighted by atomic mass is 16.3. The molecule has 0 heterocycles. The standard InChI is InChI=1S/C19H33NO2/c1-17(2,3)14-9-13(11-20-19(7,8)12-21)16(22)15(10-14)18(4,5)6/h9-10,20-22H,11-12H2,1-8H3. The van der Waals surface area contributed by atoms with E-state index < -0.39 is 0 Å². The Kier molecular flexibility index (Phi) is 5.36. The Labute approximate surface area is 135 Å². The maximum atomic E-state index is 10.7. The van der Waals surface area contributed by atoms with Crippen molar-refractivity contribution in [2.75, 3.05) is 6.61 Å². The van der Waals surface area contributed by atoms with E-state index >= 15 is 0 Å². The number of benzene rings is 1. The molecule has 0 saturated heterocycles. The van der Waals surface area contributed by atoms with Crippen molar-refractivity contribution in [3.63, 3.8) is 0 Å². The fraction of sp³-hybridized carbons (Fsp3) is 0.684. The second kappa shape index (κ2) is 6.21. The molecule has 1 aromatic rings. The number of rotatable bonds is 4. The van der Waals surface area contributed by atoms with E-state index in [9.17, 15) is 10.2 Å². The minimum absolute atomic E-state index is 0.0228. The van der Waals surface area contributed by atoms with Crippen molar-refractivity contribution in [2.24, 2.45) is 0 Å². The molecule has 0 bridgehead atoms. The van der Waals surface area contributed by atoms with E-state index in [2.05, 4.69) is 59.0 Å². The molecule has 0 spiro atoms. The molecule has 3 nitrogen and oxygen atoms in total. The Morgan fingerprint density at radius 2 is 1.45 bits per heavy atom. The zero-order chi connectivity index (χ0) is 17.3. The van der Waals surface area contributed by atoms with Crippen molar-refractivity contribution < 1.29 is 10.2 Å². The zero-order valence-electron chi connectivity index (χ0n) is 15.5. The summed E-state index contributed by atoms with van der Waals surface area (Å²) in [4.78, 5) is 0. The van der Waals surface area contributed by atoms with Gasteiger partial charge >= 0.3 is 0 Å². The molecule has 0 aliphatic carbocycles. The van der Waals surface area contributed by atoms with Gasteiger partial charge in [-0.15, -0.1) is 0 Å². The van der Waals surface area contributed by atoms with Crippen LogP contribution in [0.15, 0.2) is 12.1 Å². The Balaban J connectivity index is 3.32. The van der Waals surface area contributed by atoms with Crippen LogP contribution < -0.4 is 5.32 Å². The van der Waals surface area contributed by atoms with Crippen LogP contribution in [0.3, 0.4) is 0 Å². The van der Waals surface area contributed by atoms with Crippen LogP contribution in [0.5, 0.6) is 5.75 Å². The van der Waals surface area contributed by atoms with E-state index in [0.29, 0.717) is 12.3 Å². The topological polar surface area (TPSA) is 52.5 Å². The quantitative estimate of drug-likeness (QED) is 0.792. The van der Waals surface area contributed by atoms with Gasteiger partial charge in [0, 0.05) is 17.6 Å². The van der Waals surface area contributed by atoms with Crippen LogP contribution in [0.1, 0.15) is 72.1 Å². The number of phenols is 1. The molecule has 1 aromatic carbocycles. The van der Waals surface area contributed by atoms with Gasteiger partial charge in [0.1, 0.15) is 5.75 Å². The Hall–Kier alpha value is -1.06. The van der Waals surface area contributed by atoms with Crippen molar-refractivity contribution in [1.82, 2.24) is 5.32 Å². The molecule has 126 valence electrons. The van der Waals surface area contributed by atoms with Gasteiger partial charge in [-0.2, -0.15) is 0 Å². The summed E-state index contributed by atoms with van der Waals surface area (Å²) in [6.45, 7) is 17.4. The zero-order valence-corrected chi connectivity index (χ0v) is 15.5. The van der Waals surface area contributed by atoms with Crippen LogP contribution in [0.2, 0.25) is 0 Å². The number of nitrogens with one attached hydrogen (secondary N) is 1. The van der Waals surface area contributed by atoms with Crippen LogP contribution in [0.4, 0.5) is 0 Å². The Morgan fingerprint density at radius 3 is 1.86 bits per heavy atom. The van der Waals surface area contributed by atoms with Gasteiger partial charge in [-0.1, -0.05) is 53.7 Å². The largest absolute Gasteiger partial charge is 0.507 e. The average Bonchev–Trinajstić information content (AvgIpc) is 2.34. The van der Waals surface area contributed by atoms with Gasteiger partial charge in [0.2, 0.25) is 0 Å². The first-order valence-corrected chi connectivity index (χ1v) is 8.01. The predicted octanol–water partition coefficient (Wildman–Crippen LogP) is 3.85. The van der Waals surface area contributed by atoms with Gasteiger partial charge in [-0.05, 0) is 35.8 Å². The highest BCUT2D eigenvalue weighted by Gasteiger charge is 2.25. The summed E-state index contributed by atoms with van der Waals surface area (Å²) in [6, 6.07) is 4.20. The first-order valence-electron chi connectivity index (χ1n) is 8.01. The van der Waals surface area contributed by atoms with Gasteiger partial charge in [0.25, 0.3) is 0 Å². The van der Waals surface area contributed by atoms with Gasteiger partial charge < -0.3 is 15.5 Å². The summed E-state index contributed by atoms with van der Waals surface area (Å²) in [5, 5.41) is 23.4. The number of phenolic OH excluding ortho intramolecular Hbond substituents is 1. The number of aliphatic hydroxyl groups is 1. The fourth-order valence-corrected chi connectivity index (χ4v) is 2.22. The minimum Gasteiger partial charge on any atom is -0.507 e. The van der Waals surface area contributed by atoms with Crippen molar-refractivity contribution in [2.45, 2.75) is 78.3 Å². The average molecular weight is 307 g/mol. The van der Waals surface area contributed by atoms with Crippen LogP contribution in [0, 0.1) is 0 Å². The molecular formula is C19H33NO2. The summed E-state index contributed by atoms with van der Waals surface area (Å²) in [5.74, 6) is 0.363. The molecule has 0 fully saturated rings. The van der Waals surface area contributed by atoms with Crippen LogP contribution >= 0.6 is 0 Å². The number of hydrogen-bond donors (Lipinski definition) is 3. The summed E-state index contributed by atoms with van der Waals surface area (Å²) < 4.78 is 0. The van der Waals surface area contributed by atoms with Crippen molar-refractivity contribution in [1.29, 1.82) is 0 Å². The second-order valence-electron chi connectivity index (χ2n) is 8.93. The monoisotopic (exact) mass is 307 g/mol. The van der Waals surface area contributed by atoms with Crippen molar-refractivity contribution >= 4 is 0 Å². The Morgan fingerprint density at radius 1 is 0.909 bits per heavy atom. The van der Waals surface area contributed by atoms with E-state index in [1.807, 2.05) is 13.8 Å². The van der Waals surface area contributed by atoms with Gasteiger partial charge in [0.15, 0.2) is 0 Å². The molecule has 0 atom stereocenters. The fourth-order valence-electron chi connectivity index (χ4n) is 2.22. The first kappa shape index (κ1) is 19.0. The van der Waals surface area contributed by atoms with Gasteiger partial charge in [0.05, 0.1) is 6.61 Å². The molecule has 22 heavy (non-hydrogen) atoms. The third-order valence-corrected chi connectivity index (χ3v) is 4.02. The molecule has 0 aliphatic rings. The highest BCUT2D eigenvalue weighted by molar-refractivity contribution is 5.48. The summed E-state index contributed by atoms with van der Waals surface area (Å²) >= 11 is 0. The lowest BCUT2D eigenvalue weighted by Crippen LogP contribution is -2.42. The number of aromatic hydroxyl groups is 1. The minimum atomic E-state index is -0.369. The number of aliphatic hydroxyl groups excluding tert-OH is 1. The predicted molar refractivity (Wildman–Crippen MR) is 93.5 cm³/mol. The SMILES string of the molecule is CC(C)(CO)NCc1cc(C(C)(C)C)cc(C(C)(C)C)c1O. The third-order valence-electron chi connectivity index (χ3n) is 4.02. The molecule has 0 amide bonds. The summed E-state index contributed by atoms with van der Waals surface area (Å²) in [7, 11) is 0. The van der Waals surface area contributed by atoms with Gasteiger partial charge in [-0.3, -0.25) is 0 Å². The van der Waals surface area contributed by atoms with Crippen LogP contribution in [-0.2, 0) is 17.4 Å².